The number of aliphatic hydroxyl groups excluding tert-OH is 1. The number of carboxylic acid groups (broad SMARTS) is 1. The molecular formula is C38H62N2O5. The molecule has 0 amide bonds. The molecule has 0 radical (unpaired) electrons. The third kappa shape index (κ3) is 4.48. The molecule has 0 aromatic carbocycles. The van der Waals surface area contributed by atoms with Crippen LogP contribution in [0.25, 0.3) is 0 Å². The predicted octanol–water partition coefficient (Wildman–Crippen LogP) is 6.20. The van der Waals surface area contributed by atoms with Gasteiger partial charge >= 0.3 is 5.97 Å². The quantitative estimate of drug-likeness (QED) is 0.295. The van der Waals surface area contributed by atoms with E-state index in [0.717, 1.165) is 83.1 Å². The second kappa shape index (κ2) is 11.9. The number of nitrogens with zero attached hydrogens (tertiary/aromatic N) is 2. The van der Waals surface area contributed by atoms with Crippen molar-refractivity contribution >= 4 is 5.97 Å². The van der Waals surface area contributed by atoms with Crippen molar-refractivity contribution in [3.05, 3.63) is 11.6 Å². The summed E-state index contributed by atoms with van der Waals surface area (Å²) in [6.07, 6.45) is 13.7. The Morgan fingerprint density at radius 2 is 1.73 bits per heavy atom. The standard InChI is InChI=1S/C38H62N2O5/c1-7-8-9-27-16-33(45-34(27)39-14-12-29(13-15-39)40-20-25(5)44-26(6)21-40)37-19-30-24(4)10-11-31(30)36(22-41)18-28(37)17-32(23(2)3)38(36,37)35(42)43/h17,23-31,33-34,41H,7-16,18-22H2,1-6H3,(H,42,43)/t24-,25-,26+,27-,28?,30-,31-,33-,34?,36?,37?,38?/m1/s1. The minimum absolute atomic E-state index is 0.0167. The topological polar surface area (TPSA) is 82.5 Å². The SMILES string of the molecule is CCCC[C@@H]1C[C@H](C23C[C@@H]4[C@H](C)CC[C@H]4C4(CO)CC2C=C(C(C)C)C43C(=O)O)OC1N1CCC(N2C[C@@H](C)O[C@@H](C)C2)CC1. The van der Waals surface area contributed by atoms with E-state index in [1.165, 1.54) is 12.8 Å². The highest BCUT2D eigenvalue weighted by molar-refractivity contribution is 5.85. The van der Waals surface area contributed by atoms with Crippen LogP contribution in [-0.2, 0) is 14.3 Å². The molecule has 3 aliphatic heterocycles. The minimum Gasteiger partial charge on any atom is -0.481 e. The average molecular weight is 627 g/mol. The maximum atomic E-state index is 14.1. The number of hydrogen-bond donors (Lipinski definition) is 2. The molecule has 45 heavy (non-hydrogen) atoms. The summed E-state index contributed by atoms with van der Waals surface area (Å²) in [6.45, 7) is 17.6. The van der Waals surface area contributed by atoms with Gasteiger partial charge in [-0.3, -0.25) is 14.6 Å². The van der Waals surface area contributed by atoms with E-state index in [1.807, 2.05) is 0 Å². The lowest BCUT2D eigenvalue weighted by atomic mass is 9.41. The third-order valence-corrected chi connectivity index (χ3v) is 14.7. The molecule has 6 fully saturated rings. The van der Waals surface area contributed by atoms with Crippen LogP contribution < -0.4 is 0 Å². The van der Waals surface area contributed by atoms with Crippen LogP contribution in [0.2, 0.25) is 0 Å². The van der Waals surface area contributed by atoms with Crippen molar-refractivity contribution in [2.75, 3.05) is 32.8 Å². The molecule has 2 N–H and O–H groups in total. The van der Waals surface area contributed by atoms with Crippen LogP contribution >= 0.6 is 0 Å². The van der Waals surface area contributed by atoms with Gasteiger partial charge in [0.05, 0.1) is 24.9 Å². The van der Waals surface area contributed by atoms with Gasteiger partial charge in [0, 0.05) is 49.0 Å². The molecule has 4 aliphatic carbocycles. The Morgan fingerprint density at radius 1 is 1.02 bits per heavy atom. The second-order valence-corrected chi connectivity index (χ2v) is 17.2. The zero-order chi connectivity index (χ0) is 31.9. The third-order valence-electron chi connectivity index (χ3n) is 14.7. The molecule has 0 aromatic rings. The number of carboxylic acids is 1. The first-order valence-electron chi connectivity index (χ1n) is 18.9. The highest BCUT2D eigenvalue weighted by Crippen LogP contribution is 2.84. The molecule has 3 saturated carbocycles. The van der Waals surface area contributed by atoms with E-state index >= 15 is 0 Å². The number of ether oxygens (including phenoxy) is 2. The number of rotatable bonds is 9. The molecule has 12 atom stereocenters. The number of hydrogen-bond acceptors (Lipinski definition) is 6. The summed E-state index contributed by atoms with van der Waals surface area (Å²) in [7, 11) is 0. The Balaban J connectivity index is 1.21. The van der Waals surface area contributed by atoms with Crippen LogP contribution in [0.1, 0.15) is 106 Å². The smallest absolute Gasteiger partial charge is 0.315 e. The van der Waals surface area contributed by atoms with Crippen molar-refractivity contribution < 1.29 is 24.5 Å². The van der Waals surface area contributed by atoms with Gasteiger partial charge in [0.25, 0.3) is 0 Å². The highest BCUT2D eigenvalue weighted by Gasteiger charge is 2.86. The number of unbranched alkanes of at least 4 members (excludes halogenated alkanes) is 1. The van der Waals surface area contributed by atoms with Crippen LogP contribution in [0, 0.1) is 51.8 Å². The molecule has 254 valence electrons. The molecule has 0 spiro atoms. The van der Waals surface area contributed by atoms with E-state index in [4.69, 9.17) is 9.47 Å². The summed E-state index contributed by atoms with van der Waals surface area (Å²) in [4.78, 5) is 19.5. The molecular weight excluding hydrogens is 564 g/mol. The fourth-order valence-electron chi connectivity index (χ4n) is 13.3. The molecule has 7 nitrogen and oxygen atoms in total. The van der Waals surface area contributed by atoms with E-state index in [9.17, 15) is 15.0 Å². The Labute approximate surface area is 272 Å². The number of likely N-dealkylation sites (tertiary alicyclic amines) is 1. The number of allylic oxidation sites excluding steroid dienone is 1. The normalized spacial score (nSPS) is 48.7. The van der Waals surface area contributed by atoms with Gasteiger partial charge in [-0.1, -0.05) is 58.6 Å². The van der Waals surface area contributed by atoms with E-state index < -0.39 is 22.2 Å². The van der Waals surface area contributed by atoms with E-state index in [1.54, 1.807) is 0 Å². The molecule has 0 aromatic heterocycles. The molecule has 3 saturated heterocycles. The van der Waals surface area contributed by atoms with Crippen molar-refractivity contribution in [1.82, 2.24) is 9.80 Å². The van der Waals surface area contributed by atoms with E-state index in [0.29, 0.717) is 36.0 Å². The second-order valence-electron chi connectivity index (χ2n) is 17.2. The lowest BCUT2D eigenvalue weighted by Gasteiger charge is -2.61. The average Bonchev–Trinajstić information content (AvgIpc) is 3.73. The highest BCUT2D eigenvalue weighted by atomic mass is 16.5. The predicted molar refractivity (Wildman–Crippen MR) is 176 cm³/mol. The summed E-state index contributed by atoms with van der Waals surface area (Å²) in [6, 6.07) is 0.600. The van der Waals surface area contributed by atoms with Crippen LogP contribution in [0.5, 0.6) is 0 Å². The summed E-state index contributed by atoms with van der Waals surface area (Å²) < 4.78 is 13.5. The molecule has 7 heteroatoms. The maximum absolute atomic E-state index is 14.1. The van der Waals surface area contributed by atoms with Crippen molar-refractivity contribution in [3.8, 4) is 0 Å². The van der Waals surface area contributed by atoms with Gasteiger partial charge in [0.1, 0.15) is 11.6 Å². The van der Waals surface area contributed by atoms with Crippen LogP contribution in [0.3, 0.4) is 0 Å². The molecule has 7 aliphatic rings. The summed E-state index contributed by atoms with van der Waals surface area (Å²) >= 11 is 0. The fourth-order valence-corrected chi connectivity index (χ4v) is 13.3. The molecule has 3 heterocycles. The van der Waals surface area contributed by atoms with Crippen molar-refractivity contribution in [2.24, 2.45) is 51.8 Å². The maximum Gasteiger partial charge on any atom is 0.315 e. The van der Waals surface area contributed by atoms with Gasteiger partial charge in [-0.05, 0) is 88.4 Å². The first-order chi connectivity index (χ1) is 21.5. The molecule has 4 bridgehead atoms. The van der Waals surface area contributed by atoms with E-state index in [2.05, 4.69) is 57.4 Å². The van der Waals surface area contributed by atoms with E-state index in [-0.39, 0.29) is 36.7 Å². The molecule has 5 unspecified atom stereocenters. The van der Waals surface area contributed by atoms with Crippen LogP contribution in [0.15, 0.2) is 11.6 Å². The number of fused-ring (bicyclic) bond motifs is 2. The number of aliphatic hydroxyl groups is 1. The van der Waals surface area contributed by atoms with Crippen molar-refractivity contribution in [2.45, 2.75) is 136 Å². The van der Waals surface area contributed by atoms with Gasteiger partial charge in [0.2, 0.25) is 0 Å². The van der Waals surface area contributed by atoms with Crippen molar-refractivity contribution in [1.29, 1.82) is 0 Å². The fraction of sp³-hybridized carbons (Fsp3) is 0.921. The Bertz CT molecular complexity index is 1140. The van der Waals surface area contributed by atoms with Gasteiger partial charge < -0.3 is 19.7 Å². The Morgan fingerprint density at radius 3 is 2.36 bits per heavy atom. The minimum atomic E-state index is -1.04. The zero-order valence-electron chi connectivity index (χ0n) is 29.0. The summed E-state index contributed by atoms with van der Waals surface area (Å²) in [5, 5.41) is 23.0. The monoisotopic (exact) mass is 626 g/mol. The van der Waals surface area contributed by atoms with Crippen LogP contribution in [0.4, 0.5) is 0 Å². The van der Waals surface area contributed by atoms with Gasteiger partial charge in [0.15, 0.2) is 0 Å². The van der Waals surface area contributed by atoms with Crippen molar-refractivity contribution in [3.63, 3.8) is 0 Å². The lowest BCUT2D eigenvalue weighted by molar-refractivity contribution is -0.212. The Hall–Kier alpha value is -0.990. The number of piperidine rings is 1. The summed E-state index contributed by atoms with van der Waals surface area (Å²) in [5.74, 6) is 1.39. The zero-order valence-corrected chi connectivity index (χ0v) is 29.0. The first-order valence-corrected chi connectivity index (χ1v) is 18.9. The molecule has 7 rings (SSSR count). The van der Waals surface area contributed by atoms with Gasteiger partial charge in [-0.25, -0.2) is 0 Å². The van der Waals surface area contributed by atoms with Gasteiger partial charge in [-0.2, -0.15) is 0 Å². The van der Waals surface area contributed by atoms with Crippen LogP contribution in [-0.4, -0.2) is 89.3 Å². The lowest BCUT2D eigenvalue weighted by Crippen LogP contribution is -2.66. The first kappa shape index (κ1) is 32.6. The Kier molecular flexibility index (Phi) is 8.58. The van der Waals surface area contributed by atoms with Gasteiger partial charge in [-0.15, -0.1) is 0 Å². The number of carbonyl (C=O) groups is 1. The number of aliphatic carboxylic acids is 1. The number of morpholine rings is 1. The summed E-state index contributed by atoms with van der Waals surface area (Å²) in [5.41, 5.74) is -0.996. The largest absolute Gasteiger partial charge is 0.481 e.